The molecule has 1 N–H and O–H groups in total. The lowest BCUT2D eigenvalue weighted by atomic mass is 9.78. The first-order chi connectivity index (χ1) is 15.8. The molecule has 0 aliphatic carbocycles. The molecule has 0 saturated carbocycles. The van der Waals surface area contributed by atoms with Crippen LogP contribution in [-0.4, -0.2) is 74.4 Å². The van der Waals surface area contributed by atoms with Gasteiger partial charge in [0.1, 0.15) is 24.5 Å². The Kier molecular flexibility index (Phi) is 7.64. The second-order valence-corrected chi connectivity index (χ2v) is 15.5. The van der Waals surface area contributed by atoms with E-state index in [4.69, 9.17) is 18.6 Å². The van der Waals surface area contributed by atoms with Gasteiger partial charge in [-0.2, -0.15) is 0 Å². The van der Waals surface area contributed by atoms with Crippen molar-refractivity contribution in [3.63, 3.8) is 0 Å². The Hall–Kier alpha value is -2.17. The number of aliphatic carboxylic acids is 1. The number of fused-ring (bicyclic) bond motifs is 3. The highest BCUT2D eigenvalue weighted by molar-refractivity contribution is 6.74. The lowest BCUT2D eigenvalue weighted by Crippen LogP contribution is -2.66. The van der Waals surface area contributed by atoms with Crippen LogP contribution < -0.4 is 0 Å². The molecular weight excluding hydrogens is 458 g/mol. The van der Waals surface area contributed by atoms with E-state index in [0.29, 0.717) is 31.6 Å². The quantitative estimate of drug-likeness (QED) is 0.223. The van der Waals surface area contributed by atoms with Gasteiger partial charge in [-0.25, -0.2) is 9.59 Å². The summed E-state index contributed by atoms with van der Waals surface area (Å²) in [4.78, 5) is 38.4. The normalized spacial score (nSPS) is 27.5. The third-order valence-corrected chi connectivity index (χ3v) is 12.1. The molecule has 0 aromatic carbocycles. The van der Waals surface area contributed by atoms with Crippen molar-refractivity contribution in [3.05, 3.63) is 23.9 Å². The Labute approximate surface area is 202 Å². The van der Waals surface area contributed by atoms with Crippen molar-refractivity contribution in [1.82, 2.24) is 4.90 Å². The molecule has 9 nitrogen and oxygen atoms in total. The smallest absolute Gasteiger partial charge is 0.477 e. The minimum atomic E-state index is -1.93. The molecule has 0 unspecified atom stereocenters. The molecule has 3 rings (SSSR count). The minimum Gasteiger partial charge on any atom is -0.477 e. The van der Waals surface area contributed by atoms with Crippen LogP contribution in [0, 0.1) is 11.8 Å². The van der Waals surface area contributed by atoms with Gasteiger partial charge in [0.2, 0.25) is 5.91 Å². The van der Waals surface area contributed by atoms with Gasteiger partial charge in [0.05, 0.1) is 12.0 Å². The summed E-state index contributed by atoms with van der Waals surface area (Å²) < 4.78 is 22.5. The van der Waals surface area contributed by atoms with Gasteiger partial charge in [-0.3, -0.25) is 9.69 Å². The van der Waals surface area contributed by atoms with Crippen LogP contribution in [0.2, 0.25) is 18.1 Å². The van der Waals surface area contributed by atoms with Crippen molar-refractivity contribution in [1.29, 1.82) is 0 Å². The van der Waals surface area contributed by atoms with Gasteiger partial charge in [-0.15, -0.1) is 0 Å². The van der Waals surface area contributed by atoms with E-state index in [1.165, 1.54) is 11.0 Å². The van der Waals surface area contributed by atoms with Crippen LogP contribution in [0.1, 0.15) is 40.5 Å². The van der Waals surface area contributed by atoms with Crippen LogP contribution in [0.5, 0.6) is 0 Å². The predicted octanol–water partition coefficient (Wildman–Crippen LogP) is 3.71. The summed E-state index contributed by atoms with van der Waals surface area (Å²) in [5, 5.41) is 10.1. The number of amides is 1. The second-order valence-electron chi connectivity index (χ2n) is 10.7. The largest absolute Gasteiger partial charge is 0.508 e. The van der Waals surface area contributed by atoms with E-state index in [9.17, 15) is 19.5 Å². The highest BCUT2D eigenvalue weighted by Crippen LogP contribution is 2.50. The average Bonchev–Trinajstić information content (AvgIpc) is 3.03. The fourth-order valence-electron chi connectivity index (χ4n) is 4.74. The zero-order chi connectivity index (χ0) is 25.4. The summed E-state index contributed by atoms with van der Waals surface area (Å²) >= 11 is 0. The molecule has 10 heteroatoms. The molecule has 5 atom stereocenters. The van der Waals surface area contributed by atoms with E-state index in [0.717, 1.165) is 0 Å². The number of rotatable bonds is 9. The fourth-order valence-corrected chi connectivity index (χ4v) is 5.80. The third-order valence-electron chi connectivity index (χ3n) is 7.57. The molecule has 0 spiro atoms. The molecule has 3 heterocycles. The van der Waals surface area contributed by atoms with Crippen molar-refractivity contribution in [2.45, 2.75) is 76.9 Å². The SMILES string of the molecule is C=CCOC(=O)O[C@H](C)[C@H]1C(=O)N2C(C(=O)O)=C3[C@H](CCO[Si](C)(C)C(C)(C)C)CCO[C@@H]3[C@H]12. The van der Waals surface area contributed by atoms with Crippen LogP contribution >= 0.6 is 0 Å². The first kappa shape index (κ1) is 26.4. The molecule has 0 radical (unpaired) electrons. The predicted molar refractivity (Wildman–Crippen MR) is 126 cm³/mol. The molecule has 1 amide bonds. The highest BCUT2D eigenvalue weighted by Gasteiger charge is 2.64. The van der Waals surface area contributed by atoms with Gasteiger partial charge < -0.3 is 23.7 Å². The molecule has 0 aromatic rings. The van der Waals surface area contributed by atoms with E-state index < -0.39 is 44.6 Å². The number of β-lactam (4-membered cyclic amide) rings is 1. The van der Waals surface area contributed by atoms with Crippen molar-refractivity contribution < 1.29 is 38.1 Å². The van der Waals surface area contributed by atoms with E-state index >= 15 is 0 Å². The van der Waals surface area contributed by atoms with Gasteiger partial charge in [0.15, 0.2) is 8.32 Å². The average molecular weight is 496 g/mol. The van der Waals surface area contributed by atoms with Crippen molar-refractivity contribution >= 4 is 26.3 Å². The van der Waals surface area contributed by atoms with Crippen LogP contribution in [0.25, 0.3) is 0 Å². The Bertz CT molecular complexity index is 877. The minimum absolute atomic E-state index is 0.00104. The van der Waals surface area contributed by atoms with Gasteiger partial charge in [0, 0.05) is 13.2 Å². The lowest BCUT2D eigenvalue weighted by molar-refractivity contribution is -0.169. The summed E-state index contributed by atoms with van der Waals surface area (Å²) in [7, 11) is -1.93. The molecule has 3 aliphatic heterocycles. The Morgan fingerprint density at radius 2 is 2.03 bits per heavy atom. The summed E-state index contributed by atoms with van der Waals surface area (Å²) in [6, 6.07) is -0.514. The second kappa shape index (κ2) is 9.83. The molecule has 2 saturated heterocycles. The van der Waals surface area contributed by atoms with Gasteiger partial charge in [0.25, 0.3) is 0 Å². The summed E-state index contributed by atoms with van der Waals surface area (Å²) in [6.45, 7) is 17.0. The Balaban J connectivity index is 1.76. The molecule has 0 aromatic heterocycles. The topological polar surface area (TPSA) is 112 Å². The molecule has 0 bridgehead atoms. The van der Waals surface area contributed by atoms with Gasteiger partial charge in [-0.05, 0) is 49.4 Å². The maximum atomic E-state index is 13.0. The van der Waals surface area contributed by atoms with E-state index in [1.807, 2.05) is 0 Å². The van der Waals surface area contributed by atoms with E-state index in [1.54, 1.807) is 6.92 Å². The first-order valence-corrected chi connectivity index (χ1v) is 14.7. The maximum absolute atomic E-state index is 13.0. The maximum Gasteiger partial charge on any atom is 0.508 e. The van der Waals surface area contributed by atoms with Gasteiger partial charge in [-0.1, -0.05) is 33.4 Å². The molecular formula is C24H37NO8Si. The lowest BCUT2D eigenvalue weighted by Gasteiger charge is -2.47. The van der Waals surface area contributed by atoms with E-state index in [-0.39, 0.29) is 29.2 Å². The molecule has 2 fully saturated rings. The van der Waals surface area contributed by atoms with Crippen molar-refractivity contribution in [2.75, 3.05) is 19.8 Å². The van der Waals surface area contributed by atoms with Crippen LogP contribution in [0.4, 0.5) is 4.79 Å². The Morgan fingerprint density at radius 3 is 2.62 bits per heavy atom. The standard InChI is InChI=1S/C24H37NO8Si/c1-8-11-31-23(29)33-14(2)16-18-20-17(19(22(27)28)25(18)21(16)26)15(9-12-30-20)10-13-32-34(6,7)24(3,4)5/h8,14-16,18,20H,1,9-13H2,2-7H3,(H,27,28)/t14-,15+,16-,18+,20+/m1/s1. The molecule has 190 valence electrons. The highest BCUT2D eigenvalue weighted by atomic mass is 28.4. The first-order valence-electron chi connectivity index (χ1n) is 11.8. The third kappa shape index (κ3) is 4.80. The van der Waals surface area contributed by atoms with Crippen LogP contribution in [-0.2, 0) is 28.2 Å². The van der Waals surface area contributed by atoms with Crippen molar-refractivity contribution in [2.24, 2.45) is 11.8 Å². The zero-order valence-electron chi connectivity index (χ0n) is 21.0. The fraction of sp³-hybridized carbons (Fsp3) is 0.708. The van der Waals surface area contributed by atoms with Crippen molar-refractivity contribution in [3.8, 4) is 0 Å². The number of carboxylic acid groups (broad SMARTS) is 1. The Morgan fingerprint density at radius 1 is 1.35 bits per heavy atom. The number of hydrogen-bond donors (Lipinski definition) is 1. The monoisotopic (exact) mass is 495 g/mol. The van der Waals surface area contributed by atoms with Crippen LogP contribution in [0.15, 0.2) is 23.9 Å². The van der Waals surface area contributed by atoms with E-state index in [2.05, 4.69) is 40.4 Å². The summed E-state index contributed by atoms with van der Waals surface area (Å²) in [5.41, 5.74) is 0.662. The molecule has 3 aliphatic rings. The zero-order valence-corrected chi connectivity index (χ0v) is 22.0. The molecule has 34 heavy (non-hydrogen) atoms. The number of carbonyl (C=O) groups excluding carboxylic acids is 2. The summed E-state index contributed by atoms with van der Waals surface area (Å²) in [6.07, 6.45) is 0.537. The number of nitrogens with zero attached hydrogens (tertiary/aromatic N) is 1. The van der Waals surface area contributed by atoms with Gasteiger partial charge >= 0.3 is 12.1 Å². The number of carbonyl (C=O) groups is 3. The van der Waals surface area contributed by atoms with Crippen LogP contribution in [0.3, 0.4) is 0 Å². The summed E-state index contributed by atoms with van der Waals surface area (Å²) in [5.74, 6) is -2.28. The number of hydrogen-bond acceptors (Lipinski definition) is 7. The number of ether oxygens (including phenoxy) is 3. The number of carboxylic acids is 1.